The Labute approximate surface area is 173 Å². The summed E-state index contributed by atoms with van der Waals surface area (Å²) >= 11 is 1.56. The molecular weight excluding hydrogens is 383 g/mol. The molecule has 3 nitrogen and oxygen atoms in total. The summed E-state index contributed by atoms with van der Waals surface area (Å²) in [5, 5.41) is 0.657. The van der Waals surface area contributed by atoms with Crippen molar-refractivity contribution in [2.75, 3.05) is 0 Å². The summed E-state index contributed by atoms with van der Waals surface area (Å²) in [5.74, 6) is 0.421. The molecule has 0 saturated carbocycles. The average Bonchev–Trinajstić information content (AvgIpc) is 3.02. The minimum Gasteiger partial charge on any atom is -0.292 e. The zero-order chi connectivity index (χ0) is 20.7. The van der Waals surface area contributed by atoms with Crippen LogP contribution in [-0.2, 0) is 13.0 Å². The maximum absolute atomic E-state index is 13.7. The van der Waals surface area contributed by atoms with E-state index in [1.165, 1.54) is 23.3 Å². The van der Waals surface area contributed by atoms with E-state index in [-0.39, 0.29) is 11.4 Å². The highest BCUT2D eigenvalue weighted by molar-refractivity contribution is 7.19. The molecule has 0 amide bonds. The van der Waals surface area contributed by atoms with E-state index in [4.69, 9.17) is 4.98 Å². The molecule has 4 aromatic rings. The first-order valence-electron chi connectivity index (χ1n) is 9.74. The first-order valence-corrected chi connectivity index (χ1v) is 10.6. The molecule has 2 aromatic heterocycles. The molecule has 0 saturated heterocycles. The number of thiophene rings is 1. The zero-order valence-electron chi connectivity index (χ0n) is 17.0. The Balaban J connectivity index is 1.96. The molecule has 0 aliphatic rings. The maximum Gasteiger partial charge on any atom is 0.263 e. The third kappa shape index (κ3) is 3.51. The SMILES string of the molecule is CCc1nc2sc(C)c(-c3ccc(C)c(C)c3)c2c(=O)n1Cc1cccc(F)c1. The van der Waals surface area contributed by atoms with Crippen LogP contribution < -0.4 is 5.56 Å². The van der Waals surface area contributed by atoms with Crippen LogP contribution in [-0.4, -0.2) is 9.55 Å². The van der Waals surface area contributed by atoms with Crippen LogP contribution in [0.4, 0.5) is 4.39 Å². The first kappa shape index (κ1) is 19.5. The molecule has 0 aliphatic carbocycles. The fourth-order valence-electron chi connectivity index (χ4n) is 3.73. The number of aryl methyl sites for hydroxylation is 4. The molecule has 0 radical (unpaired) electrons. The smallest absolute Gasteiger partial charge is 0.263 e. The maximum atomic E-state index is 13.7. The number of hydrogen-bond acceptors (Lipinski definition) is 3. The molecule has 0 aliphatic heterocycles. The quantitative estimate of drug-likeness (QED) is 0.429. The number of rotatable bonds is 4. The van der Waals surface area contributed by atoms with Crippen LogP contribution in [0.5, 0.6) is 0 Å². The van der Waals surface area contributed by atoms with Gasteiger partial charge in [0.05, 0.1) is 11.9 Å². The molecule has 2 heterocycles. The van der Waals surface area contributed by atoms with Crippen LogP contribution in [0.15, 0.2) is 47.3 Å². The van der Waals surface area contributed by atoms with Crippen molar-refractivity contribution < 1.29 is 4.39 Å². The van der Waals surface area contributed by atoms with E-state index in [0.29, 0.717) is 18.4 Å². The van der Waals surface area contributed by atoms with Gasteiger partial charge in [-0.2, -0.15) is 0 Å². The summed E-state index contributed by atoms with van der Waals surface area (Å²) in [7, 11) is 0. The number of aromatic nitrogens is 2. The summed E-state index contributed by atoms with van der Waals surface area (Å²) < 4.78 is 15.4. The van der Waals surface area contributed by atoms with Gasteiger partial charge in [0.1, 0.15) is 16.5 Å². The minimum absolute atomic E-state index is 0.0614. The monoisotopic (exact) mass is 406 g/mol. The number of nitrogens with zero attached hydrogens (tertiary/aromatic N) is 2. The Morgan fingerprint density at radius 1 is 1.07 bits per heavy atom. The Morgan fingerprint density at radius 2 is 1.86 bits per heavy atom. The fraction of sp³-hybridized carbons (Fsp3) is 0.250. The van der Waals surface area contributed by atoms with E-state index in [1.54, 1.807) is 22.0 Å². The van der Waals surface area contributed by atoms with Gasteiger partial charge in [-0.25, -0.2) is 9.37 Å². The first-order chi connectivity index (χ1) is 13.9. The summed E-state index contributed by atoms with van der Waals surface area (Å²) in [5.41, 5.74) is 5.11. The Kier molecular flexibility index (Phi) is 5.09. The van der Waals surface area contributed by atoms with Crippen molar-refractivity contribution in [1.82, 2.24) is 9.55 Å². The molecule has 0 unspecified atom stereocenters. The van der Waals surface area contributed by atoms with Gasteiger partial charge in [0.15, 0.2) is 0 Å². The van der Waals surface area contributed by atoms with Gasteiger partial charge >= 0.3 is 0 Å². The average molecular weight is 407 g/mol. The fourth-order valence-corrected chi connectivity index (χ4v) is 4.79. The van der Waals surface area contributed by atoms with Crippen molar-refractivity contribution in [3.8, 4) is 11.1 Å². The lowest BCUT2D eigenvalue weighted by atomic mass is 9.99. The van der Waals surface area contributed by atoms with Crippen LogP contribution in [0, 0.1) is 26.6 Å². The zero-order valence-corrected chi connectivity index (χ0v) is 17.9. The summed E-state index contributed by atoms with van der Waals surface area (Å²) in [6, 6.07) is 12.7. The van der Waals surface area contributed by atoms with Crippen molar-refractivity contribution in [2.45, 2.75) is 40.7 Å². The van der Waals surface area contributed by atoms with Crippen LogP contribution in [0.25, 0.3) is 21.3 Å². The van der Waals surface area contributed by atoms with Gasteiger partial charge in [-0.05, 0) is 55.2 Å². The lowest BCUT2D eigenvalue weighted by molar-refractivity contribution is 0.620. The van der Waals surface area contributed by atoms with Crippen molar-refractivity contribution >= 4 is 21.6 Å². The van der Waals surface area contributed by atoms with Crippen molar-refractivity contribution in [1.29, 1.82) is 0 Å². The third-order valence-corrected chi connectivity index (χ3v) is 6.41. The molecule has 4 rings (SSSR count). The summed E-state index contributed by atoms with van der Waals surface area (Å²) in [4.78, 5) is 20.3. The van der Waals surface area contributed by atoms with Gasteiger partial charge in [0.2, 0.25) is 0 Å². The largest absolute Gasteiger partial charge is 0.292 e. The van der Waals surface area contributed by atoms with E-state index in [0.717, 1.165) is 32.2 Å². The van der Waals surface area contributed by atoms with Crippen molar-refractivity contribution in [2.24, 2.45) is 0 Å². The molecule has 0 bridgehead atoms. The van der Waals surface area contributed by atoms with Crippen molar-refractivity contribution in [3.63, 3.8) is 0 Å². The van der Waals surface area contributed by atoms with Gasteiger partial charge in [-0.3, -0.25) is 9.36 Å². The van der Waals surface area contributed by atoms with E-state index < -0.39 is 0 Å². The predicted molar refractivity (Wildman–Crippen MR) is 118 cm³/mol. The lowest BCUT2D eigenvalue weighted by Gasteiger charge is -2.12. The molecule has 0 spiro atoms. The van der Waals surface area contributed by atoms with Crippen LogP contribution in [0.2, 0.25) is 0 Å². The predicted octanol–water partition coefficient (Wildman–Crippen LogP) is 5.80. The second kappa shape index (κ2) is 7.56. The highest BCUT2D eigenvalue weighted by Crippen LogP contribution is 2.36. The van der Waals surface area contributed by atoms with Crippen LogP contribution in [0.3, 0.4) is 0 Å². The van der Waals surface area contributed by atoms with Crippen molar-refractivity contribution in [3.05, 3.63) is 86.0 Å². The van der Waals surface area contributed by atoms with Gasteiger partial charge in [0, 0.05) is 16.9 Å². The van der Waals surface area contributed by atoms with Gasteiger partial charge in [-0.15, -0.1) is 11.3 Å². The standard InChI is InChI=1S/C24H23FN2OS/c1-5-20-26-23-22(24(28)27(20)13-17-7-6-8-19(25)12-17)21(16(4)29-23)18-10-9-14(2)15(3)11-18/h6-12H,5,13H2,1-4H3. The van der Waals surface area contributed by atoms with E-state index in [2.05, 4.69) is 32.0 Å². The molecule has 0 atom stereocenters. The molecule has 2 aromatic carbocycles. The van der Waals surface area contributed by atoms with Gasteiger partial charge < -0.3 is 0 Å². The third-order valence-electron chi connectivity index (χ3n) is 5.41. The van der Waals surface area contributed by atoms with Gasteiger partial charge in [-0.1, -0.05) is 37.3 Å². The number of fused-ring (bicyclic) bond motifs is 1. The minimum atomic E-state index is -0.301. The lowest BCUT2D eigenvalue weighted by Crippen LogP contribution is -2.25. The van der Waals surface area contributed by atoms with Crippen LogP contribution >= 0.6 is 11.3 Å². The molecule has 5 heteroatoms. The second-order valence-corrected chi connectivity index (χ2v) is 8.62. The van der Waals surface area contributed by atoms with E-state index >= 15 is 0 Å². The Bertz CT molecular complexity index is 1290. The second-order valence-electron chi connectivity index (χ2n) is 7.42. The summed E-state index contributed by atoms with van der Waals surface area (Å²) in [6.45, 7) is 8.50. The topological polar surface area (TPSA) is 34.9 Å². The molecule has 0 fully saturated rings. The molecule has 0 N–H and O–H groups in total. The Hall–Kier alpha value is -2.79. The normalized spacial score (nSPS) is 11.3. The highest BCUT2D eigenvalue weighted by Gasteiger charge is 2.19. The summed E-state index contributed by atoms with van der Waals surface area (Å²) in [6.07, 6.45) is 0.635. The molecule has 148 valence electrons. The van der Waals surface area contributed by atoms with Crippen LogP contribution in [0.1, 0.15) is 34.3 Å². The molecular formula is C24H23FN2OS. The molecule has 29 heavy (non-hydrogen) atoms. The van der Waals surface area contributed by atoms with Gasteiger partial charge in [0.25, 0.3) is 5.56 Å². The number of hydrogen-bond donors (Lipinski definition) is 0. The number of benzene rings is 2. The number of halogens is 1. The Morgan fingerprint density at radius 3 is 2.55 bits per heavy atom. The van der Waals surface area contributed by atoms with E-state index in [9.17, 15) is 9.18 Å². The highest BCUT2D eigenvalue weighted by atomic mass is 32.1. The van der Waals surface area contributed by atoms with E-state index in [1.807, 2.05) is 19.9 Å².